The molecule has 3 aliphatic rings. The number of hydrogen-bond donors (Lipinski definition) is 1. The Morgan fingerprint density at radius 3 is 2.78 bits per heavy atom. The van der Waals surface area contributed by atoms with E-state index in [9.17, 15) is 9.50 Å². The molecule has 1 N–H and O–H groups in total. The first-order valence-corrected chi connectivity index (χ1v) is 12.1. The maximum Gasteiger partial charge on any atom is 0.205 e. The number of likely N-dealkylation sites (tertiary alicyclic amines) is 1. The summed E-state index contributed by atoms with van der Waals surface area (Å²) in [5.74, 6) is 0.696. The van der Waals surface area contributed by atoms with Crippen LogP contribution in [0.2, 0.25) is 0 Å². The monoisotopic (exact) mass is 462 g/mol. The zero-order chi connectivity index (χ0) is 22.3. The fourth-order valence-corrected chi connectivity index (χ4v) is 5.69. The number of aliphatic hydroxyl groups is 1. The molecule has 3 aliphatic heterocycles. The summed E-state index contributed by atoms with van der Waals surface area (Å²) in [6, 6.07) is 5.16. The van der Waals surface area contributed by atoms with E-state index in [-0.39, 0.29) is 23.9 Å². The smallest absolute Gasteiger partial charge is 0.205 e. The van der Waals surface area contributed by atoms with Gasteiger partial charge >= 0.3 is 0 Å². The summed E-state index contributed by atoms with van der Waals surface area (Å²) in [4.78, 5) is 9.07. The molecule has 32 heavy (non-hydrogen) atoms. The molecule has 2 aromatic rings. The van der Waals surface area contributed by atoms with E-state index in [4.69, 9.17) is 9.47 Å². The van der Waals surface area contributed by atoms with Crippen LogP contribution in [0.3, 0.4) is 0 Å². The van der Waals surface area contributed by atoms with Crippen molar-refractivity contribution >= 4 is 16.7 Å². The van der Waals surface area contributed by atoms with Gasteiger partial charge in [-0.25, -0.2) is 9.37 Å². The molecule has 3 fully saturated rings. The highest BCUT2D eigenvalue weighted by Crippen LogP contribution is 2.41. The van der Waals surface area contributed by atoms with Crippen LogP contribution in [0.5, 0.6) is 5.75 Å². The molecular formula is C23H31FN4O3S. The van der Waals surface area contributed by atoms with Gasteiger partial charge in [0.05, 0.1) is 25.3 Å². The van der Waals surface area contributed by atoms with Crippen LogP contribution in [0.1, 0.15) is 44.6 Å². The van der Waals surface area contributed by atoms with Gasteiger partial charge < -0.3 is 19.5 Å². The SMILES string of the molecule is CC(C)(O)COc1ccc(F)cc1C1CCN(C2COC3(C2)CN(c2ncns2)C3)CC1. The molecular weight excluding hydrogens is 431 g/mol. The average molecular weight is 463 g/mol. The third-order valence-electron chi connectivity index (χ3n) is 6.81. The van der Waals surface area contributed by atoms with E-state index in [1.807, 2.05) is 0 Å². The molecule has 1 unspecified atom stereocenters. The lowest BCUT2D eigenvalue weighted by Crippen LogP contribution is -2.62. The largest absolute Gasteiger partial charge is 0.490 e. The normalized spacial score (nSPS) is 24.1. The number of anilines is 1. The first-order chi connectivity index (χ1) is 15.3. The third kappa shape index (κ3) is 4.62. The van der Waals surface area contributed by atoms with Gasteiger partial charge in [0.25, 0.3) is 0 Å². The fraction of sp³-hybridized carbons (Fsp3) is 0.652. The topological polar surface area (TPSA) is 71.0 Å². The number of hydrogen-bond acceptors (Lipinski definition) is 8. The van der Waals surface area contributed by atoms with E-state index in [1.165, 1.54) is 17.6 Å². The Labute approximate surface area is 192 Å². The molecule has 0 radical (unpaired) electrons. The van der Waals surface area contributed by atoms with Crippen LogP contribution in [-0.2, 0) is 4.74 Å². The summed E-state index contributed by atoms with van der Waals surface area (Å²) in [5, 5.41) is 11.0. The van der Waals surface area contributed by atoms with Crippen LogP contribution >= 0.6 is 11.5 Å². The van der Waals surface area contributed by atoms with Gasteiger partial charge in [-0.2, -0.15) is 4.37 Å². The number of ether oxygens (including phenoxy) is 2. The molecule has 0 bridgehead atoms. The van der Waals surface area contributed by atoms with Gasteiger partial charge in [-0.15, -0.1) is 0 Å². The molecule has 5 rings (SSSR count). The Morgan fingerprint density at radius 2 is 2.09 bits per heavy atom. The van der Waals surface area contributed by atoms with Gasteiger partial charge in [-0.1, -0.05) is 0 Å². The van der Waals surface area contributed by atoms with E-state index in [0.717, 1.165) is 62.7 Å². The summed E-state index contributed by atoms with van der Waals surface area (Å²) >= 11 is 1.43. The molecule has 0 aliphatic carbocycles. The highest BCUT2D eigenvalue weighted by Gasteiger charge is 2.51. The van der Waals surface area contributed by atoms with Crippen molar-refractivity contribution in [2.24, 2.45) is 0 Å². The zero-order valence-corrected chi connectivity index (χ0v) is 19.5. The molecule has 1 spiro atoms. The lowest BCUT2D eigenvalue weighted by atomic mass is 9.86. The number of benzene rings is 1. The van der Waals surface area contributed by atoms with Crippen molar-refractivity contribution in [3.8, 4) is 5.75 Å². The van der Waals surface area contributed by atoms with Gasteiger partial charge in [0.1, 0.15) is 30.1 Å². The molecule has 9 heteroatoms. The van der Waals surface area contributed by atoms with Crippen molar-refractivity contribution in [2.45, 2.75) is 56.3 Å². The van der Waals surface area contributed by atoms with Gasteiger partial charge in [0, 0.05) is 23.1 Å². The second-order valence-electron chi connectivity index (χ2n) is 10.0. The lowest BCUT2D eigenvalue weighted by Gasteiger charge is -2.47. The van der Waals surface area contributed by atoms with Crippen molar-refractivity contribution < 1.29 is 19.0 Å². The van der Waals surface area contributed by atoms with E-state index in [1.54, 1.807) is 32.3 Å². The summed E-state index contributed by atoms with van der Waals surface area (Å²) in [7, 11) is 0. The summed E-state index contributed by atoms with van der Waals surface area (Å²) in [6.07, 6.45) is 4.57. The quantitative estimate of drug-likeness (QED) is 0.708. The number of piperidine rings is 1. The van der Waals surface area contributed by atoms with Gasteiger partial charge in [0.15, 0.2) is 0 Å². The number of halogens is 1. The predicted molar refractivity (Wildman–Crippen MR) is 121 cm³/mol. The standard InChI is InChI=1S/C23H31FN4O3S/c1-22(2,29)14-30-20-4-3-17(24)9-19(20)16-5-7-27(8-6-16)18-10-23(31-11-18)12-28(13-23)21-25-15-26-32-21/h3-4,9,15-16,18,29H,5-8,10-14H2,1-2H3. The van der Waals surface area contributed by atoms with Crippen molar-refractivity contribution in [3.05, 3.63) is 35.9 Å². The van der Waals surface area contributed by atoms with Gasteiger partial charge in [0.2, 0.25) is 5.13 Å². The fourth-order valence-electron chi connectivity index (χ4n) is 5.17. The third-order valence-corrected chi connectivity index (χ3v) is 7.53. The van der Waals surface area contributed by atoms with Crippen LogP contribution in [0.15, 0.2) is 24.5 Å². The molecule has 4 heterocycles. The summed E-state index contributed by atoms with van der Waals surface area (Å²) in [5.41, 5.74) is -0.0613. The minimum atomic E-state index is -0.930. The Hall–Kier alpha value is -1.81. The highest BCUT2D eigenvalue weighted by molar-refractivity contribution is 7.09. The zero-order valence-electron chi connectivity index (χ0n) is 18.7. The number of rotatable bonds is 6. The maximum atomic E-state index is 14.0. The van der Waals surface area contributed by atoms with Gasteiger partial charge in [-0.3, -0.25) is 4.90 Å². The summed E-state index contributed by atoms with van der Waals surface area (Å²) in [6.45, 7) is 8.09. The van der Waals surface area contributed by atoms with Crippen molar-refractivity contribution in [1.82, 2.24) is 14.3 Å². The van der Waals surface area contributed by atoms with Crippen molar-refractivity contribution in [3.63, 3.8) is 0 Å². The molecule has 1 aromatic heterocycles. The van der Waals surface area contributed by atoms with Crippen LogP contribution in [0.25, 0.3) is 0 Å². The Kier molecular flexibility index (Phi) is 5.86. The van der Waals surface area contributed by atoms with Crippen molar-refractivity contribution in [1.29, 1.82) is 0 Å². The van der Waals surface area contributed by atoms with E-state index in [0.29, 0.717) is 11.8 Å². The molecule has 1 atom stereocenters. The first kappa shape index (κ1) is 22.0. The van der Waals surface area contributed by atoms with Crippen molar-refractivity contribution in [2.75, 3.05) is 44.3 Å². The van der Waals surface area contributed by atoms with Crippen LogP contribution in [0, 0.1) is 5.82 Å². The molecule has 0 amide bonds. The number of aromatic nitrogens is 2. The molecule has 0 saturated carbocycles. The minimum Gasteiger partial charge on any atom is -0.490 e. The molecule has 3 saturated heterocycles. The molecule has 7 nitrogen and oxygen atoms in total. The lowest BCUT2D eigenvalue weighted by molar-refractivity contribution is -0.0194. The average Bonchev–Trinajstić information content (AvgIpc) is 3.41. The Balaban J connectivity index is 1.16. The Morgan fingerprint density at radius 1 is 1.31 bits per heavy atom. The minimum absolute atomic E-state index is 0.0478. The van der Waals surface area contributed by atoms with Crippen LogP contribution < -0.4 is 9.64 Å². The summed E-state index contributed by atoms with van der Waals surface area (Å²) < 4.78 is 30.2. The first-order valence-electron chi connectivity index (χ1n) is 11.3. The van der Waals surface area contributed by atoms with Gasteiger partial charge in [-0.05, 0) is 70.3 Å². The second kappa shape index (κ2) is 8.52. The molecule has 174 valence electrons. The Bertz CT molecular complexity index is 922. The molecule has 1 aromatic carbocycles. The van der Waals surface area contributed by atoms with Crippen LogP contribution in [0.4, 0.5) is 9.52 Å². The van der Waals surface area contributed by atoms with Crippen LogP contribution in [-0.4, -0.2) is 76.0 Å². The maximum absolute atomic E-state index is 14.0. The highest BCUT2D eigenvalue weighted by atomic mass is 32.1. The van der Waals surface area contributed by atoms with E-state index < -0.39 is 5.60 Å². The van der Waals surface area contributed by atoms with E-state index >= 15 is 0 Å². The second-order valence-corrected chi connectivity index (χ2v) is 10.8. The number of nitrogens with zero attached hydrogens (tertiary/aromatic N) is 4. The van der Waals surface area contributed by atoms with E-state index in [2.05, 4.69) is 19.2 Å². The predicted octanol–water partition coefficient (Wildman–Crippen LogP) is 3.05.